The van der Waals surface area contributed by atoms with Crippen LogP contribution < -0.4 is 0 Å². The molecule has 0 unspecified atom stereocenters. The molecule has 5 rings (SSSR count). The molecule has 0 radical (unpaired) electrons. The summed E-state index contributed by atoms with van der Waals surface area (Å²) in [4.78, 5) is 5.27. The van der Waals surface area contributed by atoms with Gasteiger partial charge in [-0.2, -0.15) is 0 Å². The molecule has 27 heavy (non-hydrogen) atoms. The predicted octanol–water partition coefficient (Wildman–Crippen LogP) is 8.73. The van der Waals surface area contributed by atoms with Crippen molar-refractivity contribution in [1.82, 2.24) is 0 Å². The van der Waals surface area contributed by atoms with Crippen molar-refractivity contribution >= 4 is 49.4 Å². The van der Waals surface area contributed by atoms with Crippen molar-refractivity contribution in [2.75, 3.05) is 0 Å². The van der Waals surface area contributed by atoms with Gasteiger partial charge >= 0.3 is 0 Å². The third kappa shape index (κ3) is 3.39. The van der Waals surface area contributed by atoms with Gasteiger partial charge in [0.05, 0.1) is 0 Å². The monoisotopic (exact) mass is 446 g/mol. The minimum Gasteiger partial charge on any atom is -0.134 e. The van der Waals surface area contributed by atoms with Crippen molar-refractivity contribution in [3.63, 3.8) is 0 Å². The summed E-state index contributed by atoms with van der Waals surface area (Å²) in [5.74, 6) is 0. The minimum atomic E-state index is 1.11. The summed E-state index contributed by atoms with van der Waals surface area (Å²) in [5, 5.41) is 2.58. The van der Waals surface area contributed by atoms with E-state index in [-0.39, 0.29) is 0 Å². The van der Waals surface area contributed by atoms with E-state index in [1.54, 1.807) is 0 Å². The molecule has 2 heterocycles. The van der Waals surface area contributed by atoms with Crippen LogP contribution in [0.1, 0.15) is 0 Å². The van der Waals surface area contributed by atoms with Crippen LogP contribution in [0.3, 0.4) is 0 Å². The third-order valence-electron chi connectivity index (χ3n) is 4.62. The van der Waals surface area contributed by atoms with Crippen molar-refractivity contribution in [3.8, 4) is 30.6 Å². The summed E-state index contributed by atoms with van der Waals surface area (Å²) < 4.78 is 1.11. The maximum absolute atomic E-state index is 3.50. The van der Waals surface area contributed by atoms with Gasteiger partial charge in [-0.15, -0.1) is 22.7 Å². The number of benzene rings is 3. The first-order valence-corrected chi connectivity index (χ1v) is 11.1. The van der Waals surface area contributed by atoms with Crippen LogP contribution in [0.5, 0.6) is 0 Å². The quantitative estimate of drug-likeness (QED) is 0.259. The third-order valence-corrected chi connectivity index (χ3v) is 7.61. The molecule has 0 spiro atoms. The highest BCUT2D eigenvalue weighted by molar-refractivity contribution is 9.10. The standard InChI is InChI=1S/C24H15BrS2/c25-20-9-7-17(8-10-20)21-11-13-23(26-21)24-14-12-22(27-24)19-6-5-16-3-1-2-4-18(16)15-19/h1-15H. The first-order valence-electron chi connectivity index (χ1n) is 8.71. The van der Waals surface area contributed by atoms with E-state index in [2.05, 4.69) is 107 Å². The molecule has 0 fully saturated rings. The van der Waals surface area contributed by atoms with E-state index in [4.69, 9.17) is 0 Å². The molecule has 0 aliphatic heterocycles. The van der Waals surface area contributed by atoms with Crippen LogP contribution in [0.25, 0.3) is 41.4 Å². The van der Waals surface area contributed by atoms with Gasteiger partial charge in [-0.25, -0.2) is 0 Å². The van der Waals surface area contributed by atoms with E-state index in [1.165, 1.54) is 41.4 Å². The van der Waals surface area contributed by atoms with Crippen molar-refractivity contribution < 1.29 is 0 Å². The highest BCUT2D eigenvalue weighted by atomic mass is 79.9. The zero-order chi connectivity index (χ0) is 18.2. The summed E-state index contributed by atoms with van der Waals surface area (Å²) in [5.41, 5.74) is 2.55. The minimum absolute atomic E-state index is 1.11. The summed E-state index contributed by atoms with van der Waals surface area (Å²) in [6, 6.07) is 32.7. The maximum atomic E-state index is 3.50. The molecule has 0 amide bonds. The summed E-state index contributed by atoms with van der Waals surface area (Å²) in [6.45, 7) is 0. The van der Waals surface area contributed by atoms with Crippen LogP contribution in [-0.4, -0.2) is 0 Å². The number of halogens is 1. The number of thiophene rings is 2. The lowest BCUT2D eigenvalue weighted by Crippen LogP contribution is -1.74. The molecule has 0 aliphatic rings. The van der Waals surface area contributed by atoms with E-state index in [1.807, 2.05) is 22.7 Å². The van der Waals surface area contributed by atoms with Gasteiger partial charge < -0.3 is 0 Å². The van der Waals surface area contributed by atoms with E-state index < -0.39 is 0 Å². The fourth-order valence-corrected chi connectivity index (χ4v) is 5.58. The molecule has 0 N–H and O–H groups in total. The van der Waals surface area contributed by atoms with Gasteiger partial charge in [-0.3, -0.25) is 0 Å². The van der Waals surface area contributed by atoms with Gasteiger partial charge in [-0.05, 0) is 64.4 Å². The Balaban J connectivity index is 1.47. The Morgan fingerprint density at radius 1 is 0.481 bits per heavy atom. The average molecular weight is 447 g/mol. The Morgan fingerprint density at radius 2 is 1.04 bits per heavy atom. The Morgan fingerprint density at radius 3 is 1.74 bits per heavy atom. The van der Waals surface area contributed by atoms with Gasteiger partial charge in [0.25, 0.3) is 0 Å². The summed E-state index contributed by atoms with van der Waals surface area (Å²) >= 11 is 7.22. The first kappa shape index (κ1) is 16.9. The molecule has 0 saturated heterocycles. The molecule has 0 atom stereocenters. The smallest absolute Gasteiger partial charge is 0.0449 e. The number of fused-ring (bicyclic) bond motifs is 1. The molecular formula is C24H15BrS2. The molecule has 5 aromatic rings. The van der Waals surface area contributed by atoms with E-state index >= 15 is 0 Å². The second-order valence-electron chi connectivity index (χ2n) is 6.40. The van der Waals surface area contributed by atoms with Crippen LogP contribution in [0, 0.1) is 0 Å². The van der Waals surface area contributed by atoms with E-state index in [0.29, 0.717) is 0 Å². The Kier molecular flexibility index (Phi) is 4.44. The molecule has 0 aliphatic carbocycles. The number of hydrogen-bond donors (Lipinski definition) is 0. The molecule has 0 bridgehead atoms. The summed E-state index contributed by atoms with van der Waals surface area (Å²) in [6.07, 6.45) is 0. The molecule has 2 aromatic heterocycles. The lowest BCUT2D eigenvalue weighted by Gasteiger charge is -2.01. The van der Waals surface area contributed by atoms with Gasteiger partial charge in [0, 0.05) is 24.0 Å². The average Bonchev–Trinajstić information content (AvgIpc) is 3.38. The molecule has 0 saturated carbocycles. The van der Waals surface area contributed by atoms with Crippen LogP contribution in [0.2, 0.25) is 0 Å². The van der Waals surface area contributed by atoms with Gasteiger partial charge in [0.1, 0.15) is 0 Å². The van der Waals surface area contributed by atoms with Crippen molar-refractivity contribution in [1.29, 1.82) is 0 Å². The second kappa shape index (κ2) is 7.08. The Bertz CT molecular complexity index is 1230. The van der Waals surface area contributed by atoms with Gasteiger partial charge in [0.2, 0.25) is 0 Å². The number of rotatable bonds is 3. The molecule has 3 heteroatoms. The molecule has 3 aromatic carbocycles. The fraction of sp³-hybridized carbons (Fsp3) is 0. The molecular weight excluding hydrogens is 432 g/mol. The first-order chi connectivity index (χ1) is 13.3. The van der Waals surface area contributed by atoms with Crippen molar-refractivity contribution in [2.45, 2.75) is 0 Å². The zero-order valence-corrected chi connectivity index (χ0v) is 17.6. The SMILES string of the molecule is Brc1ccc(-c2ccc(-c3ccc(-c4ccc5ccccc5c4)s3)s2)cc1. The van der Waals surface area contributed by atoms with Crippen LogP contribution >= 0.6 is 38.6 Å². The maximum Gasteiger partial charge on any atom is 0.0449 e. The predicted molar refractivity (Wildman–Crippen MR) is 124 cm³/mol. The van der Waals surface area contributed by atoms with Crippen molar-refractivity contribution in [2.24, 2.45) is 0 Å². The lowest BCUT2D eigenvalue weighted by atomic mass is 10.1. The van der Waals surface area contributed by atoms with Gasteiger partial charge in [0.15, 0.2) is 0 Å². The Labute approximate surface area is 174 Å². The van der Waals surface area contributed by atoms with E-state index in [9.17, 15) is 0 Å². The Hall–Kier alpha value is -2.20. The van der Waals surface area contributed by atoms with Crippen LogP contribution in [0.4, 0.5) is 0 Å². The van der Waals surface area contributed by atoms with Crippen molar-refractivity contribution in [3.05, 3.63) is 95.5 Å². The normalized spacial score (nSPS) is 11.1. The molecule has 130 valence electrons. The summed E-state index contributed by atoms with van der Waals surface area (Å²) in [7, 11) is 0. The fourth-order valence-electron chi connectivity index (χ4n) is 3.21. The number of hydrogen-bond acceptors (Lipinski definition) is 2. The highest BCUT2D eigenvalue weighted by Crippen LogP contribution is 2.40. The second-order valence-corrected chi connectivity index (χ2v) is 9.48. The van der Waals surface area contributed by atoms with Crippen LogP contribution in [0.15, 0.2) is 95.5 Å². The van der Waals surface area contributed by atoms with Crippen LogP contribution in [-0.2, 0) is 0 Å². The lowest BCUT2D eigenvalue weighted by molar-refractivity contribution is 1.65. The van der Waals surface area contributed by atoms with E-state index in [0.717, 1.165) is 4.47 Å². The molecule has 0 nitrogen and oxygen atoms in total. The largest absolute Gasteiger partial charge is 0.134 e. The van der Waals surface area contributed by atoms with Gasteiger partial charge in [-0.1, -0.05) is 64.5 Å². The topological polar surface area (TPSA) is 0 Å². The highest BCUT2D eigenvalue weighted by Gasteiger charge is 2.09. The zero-order valence-electron chi connectivity index (χ0n) is 14.4.